The van der Waals surface area contributed by atoms with Gasteiger partial charge >= 0.3 is 6.18 Å². The molecule has 18 heavy (non-hydrogen) atoms. The van der Waals surface area contributed by atoms with Gasteiger partial charge in [-0.25, -0.2) is 13.1 Å². The summed E-state index contributed by atoms with van der Waals surface area (Å²) in [5.41, 5.74) is 5.22. The monoisotopic (exact) mass is 291 g/mol. The molecule has 0 rings (SSSR count). The van der Waals surface area contributed by atoms with Crippen molar-refractivity contribution < 1.29 is 26.8 Å². The van der Waals surface area contributed by atoms with Crippen LogP contribution in [0.15, 0.2) is 5.16 Å². The molecule has 0 fully saturated rings. The quantitative estimate of drug-likeness (QED) is 0.277. The lowest BCUT2D eigenvalue weighted by Crippen LogP contribution is -2.36. The van der Waals surface area contributed by atoms with Gasteiger partial charge in [0, 0.05) is 18.9 Å². The third-order valence-electron chi connectivity index (χ3n) is 2.10. The topological polar surface area (TPSA) is 105 Å². The van der Waals surface area contributed by atoms with Gasteiger partial charge in [-0.15, -0.1) is 0 Å². The predicted octanol–water partition coefficient (Wildman–Crippen LogP) is 0.631. The molecule has 4 N–H and O–H groups in total. The van der Waals surface area contributed by atoms with Crippen molar-refractivity contribution in [1.29, 1.82) is 0 Å². The summed E-state index contributed by atoms with van der Waals surface area (Å²) < 4.78 is 60.2. The number of nitrogens with two attached hydrogens (primary N) is 1. The minimum absolute atomic E-state index is 0.135. The van der Waals surface area contributed by atoms with Gasteiger partial charge < -0.3 is 10.9 Å². The molecule has 0 aliphatic rings. The van der Waals surface area contributed by atoms with Crippen LogP contribution in [0.1, 0.15) is 19.8 Å². The summed E-state index contributed by atoms with van der Waals surface area (Å²) in [7, 11) is -3.78. The van der Waals surface area contributed by atoms with Crippen molar-refractivity contribution in [2.45, 2.75) is 25.9 Å². The molecular weight excluding hydrogens is 275 g/mol. The molecule has 0 saturated heterocycles. The van der Waals surface area contributed by atoms with Crippen molar-refractivity contribution in [2.24, 2.45) is 16.8 Å². The standard InChI is InChI=1S/C8H16F3N3O3S/c1-6(7(12)14-15)5-13-18(16,17)4-2-3-8(9,10)11/h6,13,15H,2-5H2,1H3,(H2,12,14). The number of hydrogen-bond acceptors (Lipinski definition) is 4. The Balaban J connectivity index is 4.10. The van der Waals surface area contributed by atoms with Crippen LogP contribution in [0.5, 0.6) is 0 Å². The van der Waals surface area contributed by atoms with Crippen LogP contribution >= 0.6 is 0 Å². The largest absolute Gasteiger partial charge is 0.409 e. The van der Waals surface area contributed by atoms with Crippen molar-refractivity contribution >= 4 is 15.9 Å². The second-order valence-corrected chi connectivity index (χ2v) is 5.74. The summed E-state index contributed by atoms with van der Waals surface area (Å²) >= 11 is 0. The molecule has 108 valence electrons. The Labute approximate surface area is 103 Å². The van der Waals surface area contributed by atoms with Gasteiger partial charge in [-0.3, -0.25) is 0 Å². The molecule has 0 aromatic heterocycles. The minimum atomic E-state index is -4.36. The normalized spacial score (nSPS) is 15.7. The Morgan fingerprint density at radius 3 is 2.50 bits per heavy atom. The van der Waals surface area contributed by atoms with Crippen LogP contribution in [0, 0.1) is 5.92 Å². The number of nitrogens with zero attached hydrogens (tertiary/aromatic N) is 1. The third kappa shape index (κ3) is 8.12. The molecule has 0 radical (unpaired) electrons. The van der Waals surface area contributed by atoms with Crippen molar-refractivity contribution in [1.82, 2.24) is 4.72 Å². The summed E-state index contributed by atoms with van der Waals surface area (Å²) in [6.45, 7) is 1.37. The second-order valence-electron chi connectivity index (χ2n) is 3.81. The van der Waals surface area contributed by atoms with Gasteiger partial charge in [-0.1, -0.05) is 12.1 Å². The highest BCUT2D eigenvalue weighted by atomic mass is 32.2. The number of nitrogens with one attached hydrogen (secondary N) is 1. The zero-order chi connectivity index (χ0) is 14.4. The fourth-order valence-electron chi connectivity index (χ4n) is 0.990. The first-order chi connectivity index (χ1) is 8.07. The maximum Gasteiger partial charge on any atom is 0.389 e. The predicted molar refractivity (Wildman–Crippen MR) is 59.7 cm³/mol. The lowest BCUT2D eigenvalue weighted by Gasteiger charge is -2.12. The van der Waals surface area contributed by atoms with Gasteiger partial charge in [-0.05, 0) is 6.42 Å². The first-order valence-corrected chi connectivity index (χ1v) is 6.74. The highest BCUT2D eigenvalue weighted by Crippen LogP contribution is 2.21. The molecule has 0 saturated carbocycles. The molecule has 0 heterocycles. The van der Waals surface area contributed by atoms with Crippen LogP contribution in [0.2, 0.25) is 0 Å². The first-order valence-electron chi connectivity index (χ1n) is 5.09. The van der Waals surface area contributed by atoms with Crippen molar-refractivity contribution in [2.75, 3.05) is 12.3 Å². The van der Waals surface area contributed by atoms with Crippen LogP contribution in [-0.2, 0) is 10.0 Å². The smallest absolute Gasteiger partial charge is 0.389 e. The van der Waals surface area contributed by atoms with E-state index in [9.17, 15) is 21.6 Å². The zero-order valence-corrected chi connectivity index (χ0v) is 10.6. The Morgan fingerprint density at radius 2 is 2.06 bits per heavy atom. The fraction of sp³-hybridized carbons (Fsp3) is 0.875. The molecule has 0 aliphatic carbocycles. The number of alkyl halides is 3. The highest BCUT2D eigenvalue weighted by molar-refractivity contribution is 7.89. The Bertz CT molecular complexity index is 381. The molecule has 0 aliphatic heterocycles. The summed E-state index contributed by atoms with van der Waals surface area (Å²) in [5, 5.41) is 11.0. The van der Waals surface area contributed by atoms with Gasteiger partial charge in [0.25, 0.3) is 0 Å². The molecule has 0 spiro atoms. The number of hydrogen-bond donors (Lipinski definition) is 3. The number of sulfonamides is 1. The maximum atomic E-state index is 11.8. The number of halogens is 3. The van der Waals surface area contributed by atoms with E-state index in [2.05, 4.69) is 9.88 Å². The van der Waals surface area contributed by atoms with Crippen molar-refractivity contribution in [3.63, 3.8) is 0 Å². The van der Waals surface area contributed by atoms with Gasteiger partial charge in [0.2, 0.25) is 10.0 Å². The van der Waals surface area contributed by atoms with Gasteiger partial charge in [0.15, 0.2) is 0 Å². The Kier molecular flexibility index (Phi) is 6.39. The van der Waals surface area contributed by atoms with Crippen molar-refractivity contribution in [3.8, 4) is 0 Å². The molecule has 1 unspecified atom stereocenters. The van der Waals surface area contributed by atoms with Gasteiger partial charge in [0.05, 0.1) is 5.75 Å². The highest BCUT2D eigenvalue weighted by Gasteiger charge is 2.27. The lowest BCUT2D eigenvalue weighted by molar-refractivity contribution is -0.134. The van der Waals surface area contributed by atoms with E-state index in [0.717, 1.165) is 0 Å². The first kappa shape index (κ1) is 17.0. The average molecular weight is 291 g/mol. The minimum Gasteiger partial charge on any atom is -0.409 e. The van der Waals surface area contributed by atoms with E-state index in [-0.39, 0.29) is 12.4 Å². The van der Waals surface area contributed by atoms with E-state index < -0.39 is 40.7 Å². The maximum absolute atomic E-state index is 11.8. The second kappa shape index (κ2) is 6.78. The zero-order valence-electron chi connectivity index (χ0n) is 9.74. The summed E-state index contributed by atoms with van der Waals surface area (Å²) in [5.74, 6) is -1.32. The molecular formula is C8H16F3N3O3S. The van der Waals surface area contributed by atoms with Crippen molar-refractivity contribution in [3.05, 3.63) is 0 Å². The van der Waals surface area contributed by atoms with Gasteiger partial charge in [-0.2, -0.15) is 13.2 Å². The number of rotatable bonds is 7. The summed E-state index contributed by atoms with van der Waals surface area (Å²) in [4.78, 5) is 0. The van der Waals surface area contributed by atoms with E-state index in [1.165, 1.54) is 6.92 Å². The van der Waals surface area contributed by atoms with E-state index in [4.69, 9.17) is 10.9 Å². The average Bonchev–Trinajstić information content (AvgIpc) is 2.22. The Morgan fingerprint density at radius 1 is 1.50 bits per heavy atom. The summed E-state index contributed by atoms with van der Waals surface area (Å²) in [6, 6.07) is 0. The van der Waals surface area contributed by atoms with Crippen LogP contribution in [-0.4, -0.2) is 37.9 Å². The molecule has 0 aromatic rings. The van der Waals surface area contributed by atoms with Crippen LogP contribution < -0.4 is 10.5 Å². The van der Waals surface area contributed by atoms with E-state index in [0.29, 0.717) is 0 Å². The SMILES string of the molecule is CC(CNS(=O)(=O)CCCC(F)(F)F)C(N)=NO. The van der Waals surface area contributed by atoms with Crippen LogP contribution in [0.25, 0.3) is 0 Å². The molecule has 0 bridgehead atoms. The van der Waals surface area contributed by atoms with E-state index >= 15 is 0 Å². The number of oxime groups is 1. The third-order valence-corrected chi connectivity index (χ3v) is 3.54. The molecule has 0 amide bonds. The molecule has 1 atom stereocenters. The van der Waals surface area contributed by atoms with E-state index in [1.54, 1.807) is 0 Å². The summed E-state index contributed by atoms with van der Waals surface area (Å²) in [6.07, 6.45) is -6.02. The van der Waals surface area contributed by atoms with Gasteiger partial charge in [0.1, 0.15) is 5.84 Å². The molecule has 0 aromatic carbocycles. The van der Waals surface area contributed by atoms with Crippen LogP contribution in [0.3, 0.4) is 0 Å². The molecule has 10 heteroatoms. The lowest BCUT2D eigenvalue weighted by atomic mass is 10.2. The molecule has 6 nitrogen and oxygen atoms in total. The van der Waals surface area contributed by atoms with Crippen LogP contribution in [0.4, 0.5) is 13.2 Å². The fourth-order valence-corrected chi connectivity index (χ4v) is 2.16. The Hall–Kier alpha value is -1.03. The van der Waals surface area contributed by atoms with E-state index in [1.807, 2.05) is 0 Å². The number of amidine groups is 1.